The van der Waals surface area contributed by atoms with Crippen LogP contribution in [0.5, 0.6) is 0 Å². The predicted octanol–water partition coefficient (Wildman–Crippen LogP) is -0.199. The summed E-state index contributed by atoms with van der Waals surface area (Å²) in [6.07, 6.45) is 2.77. The van der Waals surface area contributed by atoms with Gasteiger partial charge in [-0.1, -0.05) is 0 Å². The average Bonchev–Trinajstić information content (AvgIpc) is 2.68. The monoisotopic (exact) mass is 192 g/mol. The Balaban J connectivity index is 2.49. The molecule has 1 aromatic rings. The van der Waals surface area contributed by atoms with Crippen LogP contribution in [0.2, 0.25) is 0 Å². The van der Waals surface area contributed by atoms with Gasteiger partial charge in [-0.05, 0) is 0 Å². The van der Waals surface area contributed by atoms with Gasteiger partial charge < -0.3 is 20.6 Å². The SMILES string of the molecule is CN=C1NC(C=N)N(C)c2nc[nH]c21. The van der Waals surface area contributed by atoms with Gasteiger partial charge in [0.05, 0.1) is 6.33 Å². The molecule has 74 valence electrons. The van der Waals surface area contributed by atoms with Gasteiger partial charge in [0.15, 0.2) is 11.7 Å². The Morgan fingerprint density at radius 3 is 3.14 bits per heavy atom. The Bertz CT molecular complexity index is 379. The fraction of sp³-hybridized carbons (Fsp3) is 0.375. The second-order valence-electron chi connectivity index (χ2n) is 3.04. The Kier molecular flexibility index (Phi) is 1.95. The first-order valence-corrected chi connectivity index (χ1v) is 4.28. The van der Waals surface area contributed by atoms with E-state index in [2.05, 4.69) is 20.3 Å². The van der Waals surface area contributed by atoms with Crippen molar-refractivity contribution in [3.63, 3.8) is 0 Å². The van der Waals surface area contributed by atoms with Crippen molar-refractivity contribution < 1.29 is 0 Å². The highest BCUT2D eigenvalue weighted by atomic mass is 15.3. The van der Waals surface area contributed by atoms with Crippen molar-refractivity contribution in [2.45, 2.75) is 6.17 Å². The fourth-order valence-corrected chi connectivity index (χ4v) is 1.50. The van der Waals surface area contributed by atoms with Gasteiger partial charge >= 0.3 is 0 Å². The second-order valence-corrected chi connectivity index (χ2v) is 3.04. The summed E-state index contributed by atoms with van der Waals surface area (Å²) in [5.41, 5.74) is 0.869. The molecule has 2 heterocycles. The van der Waals surface area contributed by atoms with E-state index in [0.717, 1.165) is 17.3 Å². The Morgan fingerprint density at radius 2 is 2.50 bits per heavy atom. The van der Waals surface area contributed by atoms with E-state index in [0.29, 0.717) is 0 Å². The van der Waals surface area contributed by atoms with Crippen molar-refractivity contribution in [1.82, 2.24) is 15.3 Å². The predicted molar refractivity (Wildman–Crippen MR) is 55.2 cm³/mol. The summed E-state index contributed by atoms with van der Waals surface area (Å²) in [4.78, 5) is 13.2. The van der Waals surface area contributed by atoms with Gasteiger partial charge in [0.2, 0.25) is 0 Å². The zero-order chi connectivity index (χ0) is 10.1. The van der Waals surface area contributed by atoms with Crippen LogP contribution in [0.25, 0.3) is 0 Å². The van der Waals surface area contributed by atoms with E-state index in [1.165, 1.54) is 6.21 Å². The minimum atomic E-state index is -0.176. The molecule has 0 fully saturated rings. The number of fused-ring (bicyclic) bond motifs is 1. The van der Waals surface area contributed by atoms with E-state index in [1.807, 2.05) is 11.9 Å². The van der Waals surface area contributed by atoms with Crippen LogP contribution in [0.4, 0.5) is 5.82 Å². The zero-order valence-corrected chi connectivity index (χ0v) is 8.07. The molecule has 0 amide bonds. The quantitative estimate of drug-likeness (QED) is 0.539. The van der Waals surface area contributed by atoms with Crippen LogP contribution in [0.1, 0.15) is 5.69 Å². The van der Waals surface area contributed by atoms with E-state index in [4.69, 9.17) is 5.41 Å². The van der Waals surface area contributed by atoms with Crippen LogP contribution < -0.4 is 10.2 Å². The average molecular weight is 192 g/mol. The van der Waals surface area contributed by atoms with E-state index >= 15 is 0 Å². The van der Waals surface area contributed by atoms with Gasteiger partial charge in [-0.15, -0.1) is 0 Å². The Labute approximate surface area is 81.6 Å². The number of nitrogens with one attached hydrogen (secondary N) is 3. The van der Waals surface area contributed by atoms with Crippen LogP contribution in [0.3, 0.4) is 0 Å². The molecule has 1 atom stereocenters. The van der Waals surface area contributed by atoms with E-state index < -0.39 is 0 Å². The fourth-order valence-electron chi connectivity index (χ4n) is 1.50. The maximum atomic E-state index is 7.26. The van der Waals surface area contributed by atoms with Gasteiger partial charge in [0.25, 0.3) is 0 Å². The number of aromatic nitrogens is 2. The molecule has 14 heavy (non-hydrogen) atoms. The van der Waals surface area contributed by atoms with Gasteiger partial charge in [-0.25, -0.2) is 4.98 Å². The van der Waals surface area contributed by atoms with Crippen molar-refractivity contribution in [3.05, 3.63) is 12.0 Å². The largest absolute Gasteiger partial charge is 0.344 e. The molecule has 1 aliphatic rings. The first kappa shape index (κ1) is 8.74. The van der Waals surface area contributed by atoms with E-state index in [-0.39, 0.29) is 6.17 Å². The maximum Gasteiger partial charge on any atom is 0.159 e. The zero-order valence-electron chi connectivity index (χ0n) is 8.07. The Hall–Kier alpha value is -1.85. The number of H-pyrrole nitrogens is 1. The van der Waals surface area contributed by atoms with Gasteiger partial charge in [0.1, 0.15) is 11.9 Å². The van der Waals surface area contributed by atoms with Gasteiger partial charge in [-0.2, -0.15) is 0 Å². The number of nitrogens with zero attached hydrogens (tertiary/aromatic N) is 3. The van der Waals surface area contributed by atoms with Crippen molar-refractivity contribution in [2.75, 3.05) is 19.0 Å². The molecule has 1 aliphatic heterocycles. The second kappa shape index (κ2) is 3.13. The molecule has 0 aromatic carbocycles. The summed E-state index contributed by atoms with van der Waals surface area (Å²) in [6.45, 7) is 0. The lowest BCUT2D eigenvalue weighted by Crippen LogP contribution is -2.52. The molecule has 0 spiro atoms. The number of imidazole rings is 1. The lowest BCUT2D eigenvalue weighted by Gasteiger charge is -2.32. The summed E-state index contributed by atoms with van der Waals surface area (Å²) in [6, 6.07) is 0. The van der Waals surface area contributed by atoms with Crippen LogP contribution in [0.15, 0.2) is 11.3 Å². The summed E-state index contributed by atoms with van der Waals surface area (Å²) in [7, 11) is 3.59. The van der Waals surface area contributed by atoms with Crippen molar-refractivity contribution in [3.8, 4) is 0 Å². The molecular weight excluding hydrogens is 180 g/mol. The maximum absolute atomic E-state index is 7.26. The van der Waals surface area contributed by atoms with Crippen LogP contribution in [0, 0.1) is 5.41 Å². The molecule has 0 bridgehead atoms. The highest BCUT2D eigenvalue weighted by molar-refractivity contribution is 6.04. The molecule has 3 N–H and O–H groups in total. The lowest BCUT2D eigenvalue weighted by molar-refractivity contribution is 0.723. The summed E-state index contributed by atoms with van der Waals surface area (Å²) in [5.74, 6) is 1.56. The number of anilines is 1. The summed E-state index contributed by atoms with van der Waals surface area (Å²) < 4.78 is 0. The number of amidine groups is 1. The van der Waals surface area contributed by atoms with Crippen molar-refractivity contribution >= 4 is 17.9 Å². The summed E-state index contributed by atoms with van der Waals surface area (Å²) in [5, 5.41) is 10.4. The minimum Gasteiger partial charge on any atom is -0.344 e. The van der Waals surface area contributed by atoms with E-state index in [1.54, 1.807) is 13.4 Å². The molecule has 0 saturated heterocycles. The van der Waals surface area contributed by atoms with Gasteiger partial charge in [0, 0.05) is 20.3 Å². The topological polar surface area (TPSA) is 80.2 Å². The highest BCUT2D eigenvalue weighted by Gasteiger charge is 2.27. The molecule has 0 radical (unpaired) electrons. The van der Waals surface area contributed by atoms with Crippen molar-refractivity contribution in [2.24, 2.45) is 4.99 Å². The number of hydrogen-bond donors (Lipinski definition) is 3. The molecule has 1 aromatic heterocycles. The van der Waals surface area contributed by atoms with Crippen LogP contribution in [-0.2, 0) is 0 Å². The molecule has 0 saturated carbocycles. The Morgan fingerprint density at radius 1 is 1.71 bits per heavy atom. The first-order valence-electron chi connectivity index (χ1n) is 4.28. The molecule has 0 aliphatic carbocycles. The van der Waals surface area contributed by atoms with Crippen LogP contribution >= 0.6 is 0 Å². The number of aliphatic imine (C=N–C) groups is 1. The number of hydrogen-bond acceptors (Lipinski definition) is 4. The molecule has 6 heteroatoms. The van der Waals surface area contributed by atoms with E-state index in [9.17, 15) is 0 Å². The first-order chi connectivity index (χ1) is 6.77. The molecule has 6 nitrogen and oxygen atoms in total. The third kappa shape index (κ3) is 1.07. The smallest absolute Gasteiger partial charge is 0.159 e. The van der Waals surface area contributed by atoms with Crippen molar-refractivity contribution in [1.29, 1.82) is 5.41 Å². The number of aromatic amines is 1. The molecule has 1 unspecified atom stereocenters. The minimum absolute atomic E-state index is 0.176. The third-order valence-corrected chi connectivity index (χ3v) is 2.27. The van der Waals surface area contributed by atoms with Gasteiger partial charge in [-0.3, -0.25) is 4.99 Å². The normalized spacial score (nSPS) is 23.1. The number of rotatable bonds is 1. The van der Waals surface area contributed by atoms with Crippen LogP contribution in [-0.4, -0.2) is 42.3 Å². The molecule has 2 rings (SSSR count). The molecular formula is C8H12N6. The lowest BCUT2D eigenvalue weighted by atomic mass is 10.2. The highest BCUT2D eigenvalue weighted by Crippen LogP contribution is 2.19. The third-order valence-electron chi connectivity index (χ3n) is 2.27. The summed E-state index contributed by atoms with van der Waals surface area (Å²) >= 11 is 0. The standard InChI is InChI=1S/C8H12N6/c1-10-7-6-8(12-4-11-6)14(2)5(3-9)13-7/h3-5,9H,1-2H3,(H,10,13)(H,11,12).